The van der Waals surface area contributed by atoms with Gasteiger partial charge in [-0.05, 0) is 50.2 Å². The van der Waals surface area contributed by atoms with E-state index in [-0.39, 0.29) is 5.25 Å². The summed E-state index contributed by atoms with van der Waals surface area (Å²) in [6.45, 7) is 4.60. The molecule has 144 valence electrons. The summed E-state index contributed by atoms with van der Waals surface area (Å²) in [5.41, 5.74) is 2.68. The third-order valence-corrected chi connectivity index (χ3v) is 5.13. The Morgan fingerprint density at radius 1 is 1.11 bits per heavy atom. The maximum atomic E-state index is 5.86. The summed E-state index contributed by atoms with van der Waals surface area (Å²) >= 11 is 1.53. The van der Waals surface area contributed by atoms with Gasteiger partial charge in [-0.1, -0.05) is 11.8 Å². The van der Waals surface area contributed by atoms with Gasteiger partial charge in [0.2, 0.25) is 11.8 Å². The Hall–Kier alpha value is -3.00. The van der Waals surface area contributed by atoms with Crippen LogP contribution in [0.3, 0.4) is 0 Å². The number of fused-ring (bicyclic) bond motifs is 1. The van der Waals surface area contributed by atoms with Crippen LogP contribution in [0.25, 0.3) is 22.5 Å². The number of nitrogens with one attached hydrogen (secondary N) is 1. The molecule has 4 rings (SSSR count). The second-order valence-corrected chi connectivity index (χ2v) is 7.42. The van der Waals surface area contributed by atoms with Crippen molar-refractivity contribution in [3.8, 4) is 23.0 Å². The lowest BCUT2D eigenvalue weighted by Crippen LogP contribution is -1.90. The second kappa shape index (κ2) is 7.93. The molecule has 28 heavy (non-hydrogen) atoms. The van der Waals surface area contributed by atoms with Crippen molar-refractivity contribution in [2.75, 3.05) is 13.7 Å². The number of thioether (sulfide) groups is 1. The highest BCUT2D eigenvalue weighted by atomic mass is 32.2. The van der Waals surface area contributed by atoms with Crippen molar-refractivity contribution in [1.82, 2.24) is 20.2 Å². The molecule has 0 radical (unpaired) electrons. The molecule has 2 heterocycles. The highest BCUT2D eigenvalue weighted by Crippen LogP contribution is 2.35. The number of aromatic amines is 1. The maximum Gasteiger partial charge on any atom is 0.247 e. The van der Waals surface area contributed by atoms with E-state index in [0.717, 1.165) is 33.3 Å². The van der Waals surface area contributed by atoms with Crippen LogP contribution in [0.15, 0.2) is 52.0 Å². The number of H-pyrrole nitrogens is 1. The van der Waals surface area contributed by atoms with Crippen LogP contribution < -0.4 is 9.47 Å². The highest BCUT2D eigenvalue weighted by molar-refractivity contribution is 7.99. The molecule has 2 aromatic carbocycles. The van der Waals surface area contributed by atoms with Crippen LogP contribution in [-0.2, 0) is 0 Å². The molecule has 0 saturated carbocycles. The number of benzene rings is 2. The minimum atomic E-state index is -0.0496. The van der Waals surface area contributed by atoms with Crippen molar-refractivity contribution in [3.05, 3.63) is 48.4 Å². The van der Waals surface area contributed by atoms with Crippen molar-refractivity contribution in [3.63, 3.8) is 0 Å². The van der Waals surface area contributed by atoms with Crippen LogP contribution in [0.2, 0.25) is 0 Å². The number of hydrogen-bond acceptors (Lipinski definition) is 7. The summed E-state index contributed by atoms with van der Waals surface area (Å²) in [7, 11) is 1.63. The molecule has 0 fully saturated rings. The van der Waals surface area contributed by atoms with Gasteiger partial charge < -0.3 is 18.9 Å². The predicted octanol–water partition coefficient (Wildman–Crippen LogP) is 4.87. The zero-order chi connectivity index (χ0) is 19.5. The van der Waals surface area contributed by atoms with Crippen molar-refractivity contribution < 1.29 is 13.9 Å². The fourth-order valence-corrected chi connectivity index (χ4v) is 3.60. The average Bonchev–Trinajstić information content (AvgIpc) is 3.35. The minimum absolute atomic E-state index is 0.0496. The number of nitrogens with zero attached hydrogens (tertiary/aromatic N) is 3. The predicted molar refractivity (Wildman–Crippen MR) is 108 cm³/mol. The number of methoxy groups -OCH3 is 1. The minimum Gasteiger partial charge on any atom is -0.497 e. The first-order valence-electron chi connectivity index (χ1n) is 8.93. The van der Waals surface area contributed by atoms with Crippen LogP contribution in [0.1, 0.15) is 25.0 Å². The normalized spacial score (nSPS) is 12.2. The molecule has 8 heteroatoms. The zero-order valence-electron chi connectivity index (χ0n) is 15.8. The van der Waals surface area contributed by atoms with Crippen molar-refractivity contribution in [2.24, 2.45) is 0 Å². The molecule has 1 N–H and O–H groups in total. The standard InChI is InChI=1S/C20H20N4O3S/c1-4-26-15-9-10-16-17(11-15)22-20(21-16)28-12(2)18-23-24-19(27-18)13-5-7-14(25-3)8-6-13/h5-12H,4H2,1-3H3,(H,21,22)/t12-/m0/s1. The average molecular weight is 396 g/mol. The molecule has 2 aromatic heterocycles. The van der Waals surface area contributed by atoms with E-state index < -0.39 is 0 Å². The van der Waals surface area contributed by atoms with Gasteiger partial charge in [-0.3, -0.25) is 0 Å². The van der Waals surface area contributed by atoms with Gasteiger partial charge in [-0.15, -0.1) is 10.2 Å². The van der Waals surface area contributed by atoms with Crippen molar-refractivity contribution in [1.29, 1.82) is 0 Å². The second-order valence-electron chi connectivity index (χ2n) is 6.09. The quantitative estimate of drug-likeness (QED) is 0.446. The zero-order valence-corrected chi connectivity index (χ0v) is 16.6. The molecule has 0 amide bonds. The fourth-order valence-electron chi connectivity index (χ4n) is 2.74. The third-order valence-electron chi connectivity index (χ3n) is 4.16. The van der Waals surface area contributed by atoms with E-state index in [0.29, 0.717) is 18.4 Å². The van der Waals surface area contributed by atoms with E-state index in [1.54, 1.807) is 7.11 Å². The van der Waals surface area contributed by atoms with Gasteiger partial charge in [0.1, 0.15) is 11.5 Å². The third kappa shape index (κ3) is 3.82. The van der Waals surface area contributed by atoms with E-state index in [1.165, 1.54) is 11.8 Å². The molecule has 0 aliphatic carbocycles. The molecule has 7 nitrogen and oxygen atoms in total. The molecular formula is C20H20N4O3S. The van der Waals surface area contributed by atoms with Crippen LogP contribution >= 0.6 is 11.8 Å². The molecule has 0 spiro atoms. The Bertz CT molecular complexity index is 1070. The fraction of sp³-hybridized carbons (Fsp3) is 0.250. The van der Waals surface area contributed by atoms with Gasteiger partial charge in [0.15, 0.2) is 5.16 Å². The van der Waals surface area contributed by atoms with Crippen molar-refractivity contribution in [2.45, 2.75) is 24.3 Å². The Kier molecular flexibility index (Phi) is 5.21. The lowest BCUT2D eigenvalue weighted by molar-refractivity contribution is 0.340. The molecule has 0 unspecified atom stereocenters. The molecule has 1 atom stereocenters. The molecule has 0 saturated heterocycles. The van der Waals surface area contributed by atoms with Gasteiger partial charge in [-0.2, -0.15) is 0 Å². The van der Waals surface area contributed by atoms with E-state index in [2.05, 4.69) is 20.2 Å². The summed E-state index contributed by atoms with van der Waals surface area (Å²) in [6, 6.07) is 13.3. The first-order chi connectivity index (χ1) is 13.7. The topological polar surface area (TPSA) is 86.1 Å². The van der Waals surface area contributed by atoms with Gasteiger partial charge >= 0.3 is 0 Å². The van der Waals surface area contributed by atoms with Crippen molar-refractivity contribution >= 4 is 22.8 Å². The Balaban J connectivity index is 1.49. The van der Waals surface area contributed by atoms with Crippen LogP contribution in [0, 0.1) is 0 Å². The smallest absolute Gasteiger partial charge is 0.247 e. The molecule has 4 aromatic rings. The highest BCUT2D eigenvalue weighted by Gasteiger charge is 2.18. The SMILES string of the molecule is CCOc1ccc2nc(S[C@@H](C)c3nnc(-c4ccc(OC)cc4)o3)[nH]c2c1. The van der Waals surface area contributed by atoms with Gasteiger partial charge in [0, 0.05) is 11.6 Å². The molecular weight excluding hydrogens is 376 g/mol. The molecule has 0 bridgehead atoms. The molecule has 0 aliphatic rings. The van der Waals surface area contributed by atoms with E-state index >= 15 is 0 Å². The number of rotatable bonds is 7. The summed E-state index contributed by atoms with van der Waals surface area (Å²) in [4.78, 5) is 7.93. The van der Waals surface area contributed by atoms with Gasteiger partial charge in [0.05, 0.1) is 30.0 Å². The summed E-state index contributed by atoms with van der Waals surface area (Å²) in [5, 5.41) is 9.10. The number of aromatic nitrogens is 4. The molecule has 0 aliphatic heterocycles. The first-order valence-corrected chi connectivity index (χ1v) is 9.81. The summed E-state index contributed by atoms with van der Waals surface area (Å²) in [5.74, 6) is 2.64. The number of imidazole rings is 1. The largest absolute Gasteiger partial charge is 0.497 e. The Morgan fingerprint density at radius 2 is 1.89 bits per heavy atom. The van der Waals surface area contributed by atoms with Crippen LogP contribution in [0.5, 0.6) is 11.5 Å². The van der Waals surface area contributed by atoms with E-state index in [1.807, 2.05) is 56.3 Å². The maximum absolute atomic E-state index is 5.86. The first kappa shape index (κ1) is 18.4. The number of hydrogen-bond donors (Lipinski definition) is 1. The van der Waals surface area contributed by atoms with Crippen LogP contribution in [0.4, 0.5) is 0 Å². The lowest BCUT2D eigenvalue weighted by Gasteiger charge is -2.03. The lowest BCUT2D eigenvalue weighted by atomic mass is 10.2. The summed E-state index contributed by atoms with van der Waals surface area (Å²) < 4.78 is 16.6. The monoisotopic (exact) mass is 396 g/mol. The van der Waals surface area contributed by atoms with Crippen LogP contribution in [-0.4, -0.2) is 33.9 Å². The van der Waals surface area contributed by atoms with E-state index in [4.69, 9.17) is 13.9 Å². The number of ether oxygens (including phenoxy) is 2. The summed E-state index contributed by atoms with van der Waals surface area (Å²) in [6.07, 6.45) is 0. The van der Waals surface area contributed by atoms with E-state index in [9.17, 15) is 0 Å². The van der Waals surface area contributed by atoms with Gasteiger partial charge in [0.25, 0.3) is 0 Å². The Labute approximate surface area is 166 Å². The van der Waals surface area contributed by atoms with Gasteiger partial charge in [-0.25, -0.2) is 4.98 Å². The Morgan fingerprint density at radius 3 is 2.64 bits per heavy atom.